The summed E-state index contributed by atoms with van der Waals surface area (Å²) in [4.78, 5) is 24.1. The monoisotopic (exact) mass is 478 g/mol. The summed E-state index contributed by atoms with van der Waals surface area (Å²) >= 11 is 0. The topological polar surface area (TPSA) is 94.4 Å². The quantitative estimate of drug-likeness (QED) is 0.439. The number of nitrogens with zero attached hydrogens (tertiary/aromatic N) is 5. The van der Waals surface area contributed by atoms with Gasteiger partial charge in [-0.3, -0.25) is 0 Å². The third-order valence-corrected chi connectivity index (χ3v) is 5.90. The number of carbonyl (C=O) groups excluding carboxylic acids is 1. The van der Waals surface area contributed by atoms with Gasteiger partial charge in [0.25, 0.3) is 0 Å². The van der Waals surface area contributed by atoms with Crippen molar-refractivity contribution in [2.45, 2.75) is 32.5 Å². The first-order valence-electron chi connectivity index (χ1n) is 11.4. The van der Waals surface area contributed by atoms with Crippen LogP contribution in [0.2, 0.25) is 0 Å². The Morgan fingerprint density at radius 1 is 1.23 bits per heavy atom. The number of rotatable bonds is 10. The molecule has 3 aromatic rings. The van der Waals surface area contributed by atoms with Crippen LogP contribution in [0.25, 0.3) is 0 Å². The van der Waals surface area contributed by atoms with E-state index in [0.29, 0.717) is 28.8 Å². The number of aromatic nitrogens is 4. The Bertz CT molecular complexity index is 1190. The number of anilines is 1. The predicted molar refractivity (Wildman–Crippen MR) is 132 cm³/mol. The Hall–Kier alpha value is -3.60. The van der Waals surface area contributed by atoms with E-state index in [0.717, 1.165) is 37.4 Å². The molecule has 9 nitrogen and oxygen atoms in total. The molecule has 182 valence electrons. The Labute approximate surface area is 204 Å². The molecule has 2 aromatic heterocycles. The second-order valence-corrected chi connectivity index (χ2v) is 8.24. The Morgan fingerprint density at radius 3 is 2.63 bits per heavy atom. The van der Waals surface area contributed by atoms with E-state index in [4.69, 9.17) is 9.47 Å². The number of ether oxygens (including phenoxy) is 2. The van der Waals surface area contributed by atoms with Crippen molar-refractivity contribution in [2.24, 2.45) is 0 Å². The molecule has 11 heteroatoms. The molecule has 1 fully saturated rings. The van der Waals surface area contributed by atoms with Crippen LogP contribution in [0, 0.1) is 5.82 Å². The Kier molecular flexibility index (Phi) is 7.86. The van der Waals surface area contributed by atoms with Crippen molar-refractivity contribution >= 4 is 30.7 Å². The molecule has 1 aliphatic heterocycles. The van der Waals surface area contributed by atoms with Gasteiger partial charge in [-0.1, -0.05) is 0 Å². The molecule has 1 aromatic carbocycles. The number of halogens is 1. The molecule has 1 amide bonds. The molecule has 1 N–H and O–H groups in total. The minimum atomic E-state index is -0.532. The number of amides is 1. The van der Waals surface area contributed by atoms with Gasteiger partial charge < -0.3 is 4.90 Å². The van der Waals surface area contributed by atoms with Gasteiger partial charge in [0.2, 0.25) is 5.95 Å². The Balaban J connectivity index is 1.48. The standard InChI is InChI=1S/C24H28BFN6O3/c1-25-19-6-7-21(35-3)22(26)17(19)12-27-23(33)18-14-32(30-20(18)15-34-2)13-16-10-28-24(29-11-16)31-8-4-5-9-31/h6-7,10-11,14H,1,4-5,8-9,12-13,15H2,2-3H3,(H,27,33). The van der Waals surface area contributed by atoms with Crippen molar-refractivity contribution in [3.8, 4) is 5.75 Å². The van der Waals surface area contributed by atoms with Crippen molar-refractivity contribution in [3.05, 3.63) is 58.9 Å². The first-order valence-corrected chi connectivity index (χ1v) is 11.4. The van der Waals surface area contributed by atoms with Crippen LogP contribution in [0.5, 0.6) is 5.75 Å². The fraction of sp³-hybridized carbons (Fsp3) is 0.375. The fourth-order valence-corrected chi connectivity index (χ4v) is 4.08. The van der Waals surface area contributed by atoms with Crippen molar-refractivity contribution in [2.75, 3.05) is 32.2 Å². The summed E-state index contributed by atoms with van der Waals surface area (Å²) in [5.41, 5.74) is 2.57. The van der Waals surface area contributed by atoms with Crippen LogP contribution in [0.4, 0.5) is 10.3 Å². The maximum absolute atomic E-state index is 14.8. The summed E-state index contributed by atoms with van der Waals surface area (Å²) in [6, 6.07) is 3.22. The SMILES string of the molecule is C=Bc1ccc(OC)c(F)c1CNC(=O)c1cn(Cc2cnc(N3CCCC3)nc2)nc1COC. The third kappa shape index (κ3) is 5.56. The molecular weight excluding hydrogens is 450 g/mol. The molecular formula is C24H28BFN6O3. The number of hydrogen-bond donors (Lipinski definition) is 1. The first kappa shape index (κ1) is 24.5. The van der Waals surface area contributed by atoms with Gasteiger partial charge in [-0.15, -0.1) is 0 Å². The van der Waals surface area contributed by atoms with E-state index in [1.165, 1.54) is 27.2 Å². The maximum atomic E-state index is 14.8. The summed E-state index contributed by atoms with van der Waals surface area (Å²) in [5, 5.41) is 7.28. The van der Waals surface area contributed by atoms with Crippen molar-refractivity contribution in [3.63, 3.8) is 0 Å². The zero-order chi connectivity index (χ0) is 24.8. The van der Waals surface area contributed by atoms with E-state index in [1.807, 2.05) is 0 Å². The molecule has 3 heterocycles. The summed E-state index contributed by atoms with van der Waals surface area (Å²) in [6.07, 6.45) is 7.52. The van der Waals surface area contributed by atoms with Gasteiger partial charge in [-0.25, -0.2) is 0 Å². The van der Waals surface area contributed by atoms with Gasteiger partial charge in [0.05, 0.1) is 0 Å². The van der Waals surface area contributed by atoms with E-state index in [9.17, 15) is 9.18 Å². The Morgan fingerprint density at radius 2 is 1.97 bits per heavy atom. The van der Waals surface area contributed by atoms with Crippen molar-refractivity contribution < 1.29 is 18.7 Å². The average Bonchev–Trinajstić information content (AvgIpc) is 3.54. The molecule has 1 aliphatic rings. The molecule has 0 aliphatic carbocycles. The van der Waals surface area contributed by atoms with E-state index < -0.39 is 5.82 Å². The van der Waals surface area contributed by atoms with E-state index in [2.05, 4.69) is 31.8 Å². The second kappa shape index (κ2) is 11.2. The zero-order valence-electron chi connectivity index (χ0n) is 20.0. The molecule has 0 radical (unpaired) electrons. The number of carbonyl (C=O) groups is 1. The van der Waals surface area contributed by atoms with E-state index in [-0.39, 0.29) is 24.8 Å². The summed E-state index contributed by atoms with van der Waals surface area (Å²) in [7, 11) is 2.93. The molecule has 1 saturated heterocycles. The summed E-state index contributed by atoms with van der Waals surface area (Å²) in [5.74, 6) is -0.0854. The van der Waals surface area contributed by atoms with Gasteiger partial charge in [0, 0.05) is 13.1 Å². The van der Waals surface area contributed by atoms with Crippen LogP contribution in [0.3, 0.4) is 0 Å². The third-order valence-electron chi connectivity index (χ3n) is 5.90. The summed E-state index contributed by atoms with van der Waals surface area (Å²) in [6.45, 7) is 7.73. The predicted octanol–water partition coefficient (Wildman–Crippen LogP) is 1.31. The minimum absolute atomic E-state index is 0.0351. The van der Waals surface area contributed by atoms with E-state index in [1.54, 1.807) is 29.3 Å². The van der Waals surface area contributed by atoms with Crippen LogP contribution in [-0.2, 0) is 24.4 Å². The summed E-state index contributed by atoms with van der Waals surface area (Å²) < 4.78 is 26.7. The first-order chi connectivity index (χ1) is 17.0. The molecule has 0 unspecified atom stereocenters. The van der Waals surface area contributed by atoms with Crippen LogP contribution in [0.15, 0.2) is 30.7 Å². The van der Waals surface area contributed by atoms with Crippen molar-refractivity contribution in [1.29, 1.82) is 0 Å². The molecule has 0 spiro atoms. The number of methoxy groups -OCH3 is 2. The van der Waals surface area contributed by atoms with Gasteiger partial charge in [-0.2, -0.15) is 0 Å². The second-order valence-electron chi connectivity index (χ2n) is 8.24. The van der Waals surface area contributed by atoms with Crippen LogP contribution in [-0.4, -0.2) is 66.4 Å². The van der Waals surface area contributed by atoms with Gasteiger partial charge in [-0.05, 0) is 12.8 Å². The normalized spacial score (nSPS) is 13.1. The molecule has 0 bridgehead atoms. The van der Waals surface area contributed by atoms with Gasteiger partial charge >= 0.3 is 167 Å². The number of hydrogen-bond acceptors (Lipinski definition) is 7. The molecule has 4 rings (SSSR count). The number of nitrogens with one attached hydrogen (secondary N) is 1. The van der Waals surface area contributed by atoms with Gasteiger partial charge in [0.1, 0.15) is 0 Å². The fourth-order valence-electron chi connectivity index (χ4n) is 4.08. The molecule has 0 atom stereocenters. The van der Waals surface area contributed by atoms with Gasteiger partial charge in [0.15, 0.2) is 0 Å². The van der Waals surface area contributed by atoms with Crippen molar-refractivity contribution in [1.82, 2.24) is 25.1 Å². The number of benzene rings is 1. The zero-order valence-corrected chi connectivity index (χ0v) is 20.0. The van der Waals surface area contributed by atoms with Crippen LogP contribution >= 0.6 is 0 Å². The average molecular weight is 478 g/mol. The van der Waals surface area contributed by atoms with E-state index >= 15 is 0 Å². The van der Waals surface area contributed by atoms with Crippen LogP contribution in [0.1, 0.15) is 40.0 Å². The molecule has 0 saturated carbocycles. The molecule has 35 heavy (non-hydrogen) atoms. The van der Waals surface area contributed by atoms with Crippen LogP contribution < -0.4 is 20.4 Å².